The van der Waals surface area contributed by atoms with Gasteiger partial charge in [0, 0.05) is 11.3 Å². The van der Waals surface area contributed by atoms with E-state index in [0.717, 1.165) is 17.3 Å². The van der Waals surface area contributed by atoms with Crippen LogP contribution in [0.2, 0.25) is 0 Å². The SMILES string of the molecule is O=C1COc2ccc(C3=NNC(=NCC(F)(F)F)SC3)cc2N1. The van der Waals surface area contributed by atoms with Crippen molar-refractivity contribution in [1.29, 1.82) is 0 Å². The van der Waals surface area contributed by atoms with Gasteiger partial charge in [0.2, 0.25) is 0 Å². The smallest absolute Gasteiger partial charge is 0.408 e. The second kappa shape index (κ2) is 6.11. The molecule has 1 aromatic rings. The molecule has 1 amide bonds. The van der Waals surface area contributed by atoms with Gasteiger partial charge in [-0.15, -0.1) is 0 Å². The number of halogens is 3. The van der Waals surface area contributed by atoms with E-state index in [1.165, 1.54) is 0 Å². The largest absolute Gasteiger partial charge is 0.482 e. The van der Waals surface area contributed by atoms with Crippen LogP contribution in [0.4, 0.5) is 18.9 Å². The van der Waals surface area contributed by atoms with Crippen molar-refractivity contribution >= 4 is 34.2 Å². The number of benzene rings is 1. The first kappa shape index (κ1) is 15.7. The fourth-order valence-corrected chi connectivity index (χ4v) is 2.74. The number of ether oxygens (including phenoxy) is 1. The van der Waals surface area contributed by atoms with Crippen LogP contribution in [0, 0.1) is 0 Å². The number of nitrogens with one attached hydrogen (secondary N) is 2. The van der Waals surface area contributed by atoms with Crippen molar-refractivity contribution in [3.8, 4) is 5.75 Å². The van der Waals surface area contributed by atoms with Crippen LogP contribution in [0.1, 0.15) is 5.56 Å². The lowest BCUT2D eigenvalue weighted by molar-refractivity contribution is -0.119. The van der Waals surface area contributed by atoms with Crippen molar-refractivity contribution in [2.75, 3.05) is 24.2 Å². The summed E-state index contributed by atoms with van der Waals surface area (Å²) in [5, 5.41) is 6.86. The number of anilines is 1. The minimum Gasteiger partial charge on any atom is -0.482 e. The number of hydrazone groups is 1. The maximum Gasteiger partial charge on any atom is 0.408 e. The molecule has 23 heavy (non-hydrogen) atoms. The molecule has 3 rings (SSSR count). The third kappa shape index (κ3) is 3.95. The Morgan fingerprint density at radius 3 is 2.91 bits per heavy atom. The molecule has 0 aromatic heterocycles. The van der Waals surface area contributed by atoms with E-state index >= 15 is 0 Å². The van der Waals surface area contributed by atoms with Crippen LogP contribution in [0.3, 0.4) is 0 Å². The van der Waals surface area contributed by atoms with E-state index in [2.05, 4.69) is 20.8 Å². The van der Waals surface area contributed by atoms with Crippen LogP contribution in [0.25, 0.3) is 0 Å². The summed E-state index contributed by atoms with van der Waals surface area (Å²) in [6.07, 6.45) is -4.34. The first-order valence-electron chi connectivity index (χ1n) is 6.54. The van der Waals surface area contributed by atoms with Gasteiger partial charge in [-0.05, 0) is 18.2 Å². The maximum atomic E-state index is 12.1. The topological polar surface area (TPSA) is 75.1 Å². The maximum absolute atomic E-state index is 12.1. The summed E-state index contributed by atoms with van der Waals surface area (Å²) in [6.45, 7) is -1.26. The highest BCUT2D eigenvalue weighted by atomic mass is 32.2. The summed E-state index contributed by atoms with van der Waals surface area (Å²) < 4.78 is 41.6. The molecule has 2 N–H and O–H groups in total. The second-order valence-corrected chi connectivity index (χ2v) is 5.71. The van der Waals surface area contributed by atoms with E-state index < -0.39 is 12.7 Å². The van der Waals surface area contributed by atoms with E-state index in [-0.39, 0.29) is 17.7 Å². The summed E-state index contributed by atoms with van der Waals surface area (Å²) >= 11 is 1.13. The molecule has 1 aromatic carbocycles. The lowest BCUT2D eigenvalue weighted by Gasteiger charge is -2.20. The fraction of sp³-hybridized carbons (Fsp3) is 0.308. The predicted molar refractivity (Wildman–Crippen MR) is 81.1 cm³/mol. The highest BCUT2D eigenvalue weighted by Crippen LogP contribution is 2.29. The molecule has 0 saturated heterocycles. The van der Waals surface area contributed by atoms with E-state index in [1.807, 2.05) is 0 Å². The number of alkyl halides is 3. The van der Waals surface area contributed by atoms with Gasteiger partial charge < -0.3 is 10.1 Å². The van der Waals surface area contributed by atoms with Gasteiger partial charge in [0.15, 0.2) is 11.8 Å². The van der Waals surface area contributed by atoms with Gasteiger partial charge in [-0.1, -0.05) is 11.8 Å². The minimum absolute atomic E-state index is 0.0241. The average Bonchev–Trinajstić information content (AvgIpc) is 2.52. The van der Waals surface area contributed by atoms with Crippen molar-refractivity contribution in [3.63, 3.8) is 0 Å². The zero-order valence-electron chi connectivity index (χ0n) is 11.6. The number of thioether (sulfide) groups is 1. The zero-order valence-corrected chi connectivity index (χ0v) is 12.4. The summed E-state index contributed by atoms with van der Waals surface area (Å²) in [6, 6.07) is 5.20. The van der Waals surface area contributed by atoms with E-state index in [0.29, 0.717) is 22.9 Å². The monoisotopic (exact) mass is 344 g/mol. The van der Waals surface area contributed by atoms with Crippen LogP contribution >= 0.6 is 11.8 Å². The summed E-state index contributed by atoms with van der Waals surface area (Å²) in [4.78, 5) is 14.7. The predicted octanol–water partition coefficient (Wildman–Crippen LogP) is 1.98. The van der Waals surface area contributed by atoms with Crippen LogP contribution in [0.5, 0.6) is 5.75 Å². The fourth-order valence-electron chi connectivity index (χ4n) is 1.97. The van der Waals surface area contributed by atoms with E-state index in [1.54, 1.807) is 18.2 Å². The number of amidine groups is 1. The molecule has 0 bridgehead atoms. The molecule has 6 nitrogen and oxygen atoms in total. The molecule has 0 aliphatic carbocycles. The van der Waals surface area contributed by atoms with Crippen molar-refractivity contribution in [2.45, 2.75) is 6.18 Å². The standard InChI is InChI=1S/C13H11F3N4O2S/c14-13(15,16)6-17-12-20-19-9(5-23-12)7-1-2-10-8(3-7)18-11(21)4-22-10/h1-3H,4-6H2,(H,17,20)(H,18,21). The third-order valence-corrected chi connectivity index (χ3v) is 3.89. The van der Waals surface area contributed by atoms with Crippen molar-refractivity contribution < 1.29 is 22.7 Å². The molecule has 10 heteroatoms. The lowest BCUT2D eigenvalue weighted by atomic mass is 10.1. The van der Waals surface area contributed by atoms with Crippen LogP contribution < -0.4 is 15.5 Å². The number of aliphatic imine (C=N–C) groups is 1. The van der Waals surface area contributed by atoms with E-state index in [9.17, 15) is 18.0 Å². The molecular formula is C13H11F3N4O2S. The first-order valence-corrected chi connectivity index (χ1v) is 7.53. The molecule has 122 valence electrons. The Kier molecular flexibility index (Phi) is 4.16. The van der Waals surface area contributed by atoms with Gasteiger partial charge in [-0.3, -0.25) is 15.2 Å². The summed E-state index contributed by atoms with van der Waals surface area (Å²) in [7, 11) is 0. The van der Waals surface area contributed by atoms with Gasteiger partial charge in [-0.25, -0.2) is 0 Å². The molecule has 2 aliphatic rings. The number of hydrogen-bond donors (Lipinski definition) is 2. The molecule has 0 spiro atoms. The Morgan fingerprint density at radius 1 is 1.39 bits per heavy atom. The van der Waals surface area contributed by atoms with Gasteiger partial charge in [0.05, 0.1) is 11.4 Å². The normalized spacial score (nSPS) is 19.3. The molecular weight excluding hydrogens is 333 g/mol. The zero-order chi connectivity index (χ0) is 16.4. The molecule has 0 unspecified atom stereocenters. The van der Waals surface area contributed by atoms with Gasteiger partial charge in [0.25, 0.3) is 5.91 Å². The molecule has 0 fully saturated rings. The number of fused-ring (bicyclic) bond motifs is 1. The first-order chi connectivity index (χ1) is 10.9. The van der Waals surface area contributed by atoms with Gasteiger partial charge in [0.1, 0.15) is 12.3 Å². The van der Waals surface area contributed by atoms with Crippen molar-refractivity contribution in [2.24, 2.45) is 10.1 Å². The molecule has 2 aliphatic heterocycles. The van der Waals surface area contributed by atoms with Gasteiger partial charge in [-0.2, -0.15) is 18.3 Å². The molecule has 0 atom stereocenters. The van der Waals surface area contributed by atoms with Crippen LogP contribution in [0.15, 0.2) is 28.3 Å². The van der Waals surface area contributed by atoms with Crippen molar-refractivity contribution in [1.82, 2.24) is 5.43 Å². The lowest BCUT2D eigenvalue weighted by Crippen LogP contribution is -2.28. The Morgan fingerprint density at radius 2 is 2.22 bits per heavy atom. The Hall–Kier alpha value is -2.23. The Balaban J connectivity index is 1.73. The molecule has 0 radical (unpaired) electrons. The quantitative estimate of drug-likeness (QED) is 0.860. The van der Waals surface area contributed by atoms with Crippen LogP contribution in [-0.2, 0) is 4.79 Å². The molecule has 0 saturated carbocycles. The third-order valence-electron chi connectivity index (χ3n) is 2.98. The highest BCUT2D eigenvalue weighted by Gasteiger charge is 2.27. The number of rotatable bonds is 2. The molecule has 2 heterocycles. The van der Waals surface area contributed by atoms with Gasteiger partial charge >= 0.3 is 6.18 Å². The average molecular weight is 344 g/mol. The minimum atomic E-state index is -4.34. The number of carbonyl (C=O) groups is 1. The van der Waals surface area contributed by atoms with E-state index in [4.69, 9.17) is 4.74 Å². The summed E-state index contributed by atoms with van der Waals surface area (Å²) in [5.41, 5.74) is 4.44. The van der Waals surface area contributed by atoms with Crippen molar-refractivity contribution in [3.05, 3.63) is 23.8 Å². The van der Waals surface area contributed by atoms with Crippen LogP contribution in [-0.4, -0.2) is 41.9 Å². The summed E-state index contributed by atoms with van der Waals surface area (Å²) in [5.74, 6) is 0.698. The number of nitrogens with zero attached hydrogens (tertiary/aromatic N) is 2. The Labute approximate surface area is 133 Å². The second-order valence-electron chi connectivity index (χ2n) is 4.74. The number of amides is 1. The number of hydrogen-bond acceptors (Lipinski definition) is 5. The Bertz CT molecular complexity index is 703. The number of carbonyl (C=O) groups excluding carboxylic acids is 1. The highest BCUT2D eigenvalue weighted by molar-refractivity contribution is 8.14.